The SMILES string of the molecule is O=C1/C(=N/c2ccc(Oc3ccccc3)cc2)c2ccccc2N1c1ccccc1. The van der Waals surface area contributed by atoms with Gasteiger partial charge in [-0.3, -0.25) is 9.69 Å². The number of carbonyl (C=O) groups excluding carboxylic acids is 1. The number of fused-ring (bicyclic) bond motifs is 1. The molecule has 1 aliphatic heterocycles. The lowest BCUT2D eigenvalue weighted by atomic mass is 10.1. The topological polar surface area (TPSA) is 41.9 Å². The van der Waals surface area contributed by atoms with Crippen LogP contribution < -0.4 is 9.64 Å². The van der Waals surface area contributed by atoms with E-state index in [-0.39, 0.29) is 5.91 Å². The monoisotopic (exact) mass is 390 g/mol. The standard InChI is InChI=1S/C26H18N2O2/c29-26-25(23-13-7-8-14-24(23)28(26)20-9-3-1-4-10-20)27-19-15-17-22(18-16-19)30-21-11-5-2-6-12-21/h1-18H/b27-25+. The summed E-state index contributed by atoms with van der Waals surface area (Å²) in [6.07, 6.45) is 0. The van der Waals surface area contributed by atoms with Gasteiger partial charge in [0.05, 0.1) is 11.4 Å². The van der Waals surface area contributed by atoms with Crippen molar-refractivity contribution in [3.8, 4) is 11.5 Å². The van der Waals surface area contributed by atoms with Gasteiger partial charge in [-0.2, -0.15) is 0 Å². The Labute approximate surface area is 174 Å². The van der Waals surface area contributed by atoms with Gasteiger partial charge in [-0.1, -0.05) is 54.6 Å². The lowest BCUT2D eigenvalue weighted by Gasteiger charge is -2.16. The van der Waals surface area contributed by atoms with E-state index in [1.165, 1.54) is 0 Å². The number of ether oxygens (including phenoxy) is 1. The van der Waals surface area contributed by atoms with Crippen LogP contribution in [0.3, 0.4) is 0 Å². The number of hydrogen-bond donors (Lipinski definition) is 0. The quantitative estimate of drug-likeness (QED) is 0.412. The molecule has 4 aromatic carbocycles. The average Bonchev–Trinajstić information content (AvgIpc) is 3.08. The largest absolute Gasteiger partial charge is 0.457 e. The maximum atomic E-state index is 13.2. The van der Waals surface area contributed by atoms with Crippen molar-refractivity contribution in [3.05, 3.63) is 115 Å². The summed E-state index contributed by atoms with van der Waals surface area (Å²) in [5, 5.41) is 0. The average molecular weight is 390 g/mol. The van der Waals surface area contributed by atoms with Crippen LogP contribution in [0.15, 0.2) is 114 Å². The minimum Gasteiger partial charge on any atom is -0.457 e. The highest BCUT2D eigenvalue weighted by atomic mass is 16.5. The van der Waals surface area contributed by atoms with Crippen LogP contribution >= 0.6 is 0 Å². The molecule has 0 N–H and O–H groups in total. The van der Waals surface area contributed by atoms with Crippen molar-refractivity contribution in [3.63, 3.8) is 0 Å². The van der Waals surface area contributed by atoms with E-state index in [0.29, 0.717) is 17.1 Å². The zero-order valence-corrected chi connectivity index (χ0v) is 16.1. The molecule has 0 radical (unpaired) electrons. The summed E-state index contributed by atoms with van der Waals surface area (Å²) >= 11 is 0. The molecule has 5 rings (SSSR count). The molecule has 0 unspecified atom stereocenters. The first kappa shape index (κ1) is 17.9. The van der Waals surface area contributed by atoms with Crippen LogP contribution in [0.5, 0.6) is 11.5 Å². The number of carbonyl (C=O) groups is 1. The van der Waals surface area contributed by atoms with Crippen LogP contribution in [0, 0.1) is 0 Å². The van der Waals surface area contributed by atoms with Gasteiger partial charge in [0.15, 0.2) is 0 Å². The normalized spacial score (nSPS) is 14.1. The van der Waals surface area contributed by atoms with Gasteiger partial charge in [0.1, 0.15) is 17.2 Å². The highest BCUT2D eigenvalue weighted by Gasteiger charge is 2.34. The zero-order chi connectivity index (χ0) is 20.3. The molecule has 0 atom stereocenters. The summed E-state index contributed by atoms with van der Waals surface area (Å²) in [4.78, 5) is 19.6. The van der Waals surface area contributed by atoms with Crippen molar-refractivity contribution >= 4 is 28.7 Å². The van der Waals surface area contributed by atoms with Crippen LogP contribution in [-0.2, 0) is 4.79 Å². The van der Waals surface area contributed by atoms with E-state index in [4.69, 9.17) is 4.74 Å². The minimum atomic E-state index is -0.132. The predicted octanol–water partition coefficient (Wildman–Crippen LogP) is 6.28. The minimum absolute atomic E-state index is 0.132. The molecule has 0 bridgehead atoms. The van der Waals surface area contributed by atoms with Crippen molar-refractivity contribution < 1.29 is 9.53 Å². The Kier molecular flexibility index (Phi) is 4.58. The number of para-hydroxylation sites is 3. The molecular weight excluding hydrogens is 372 g/mol. The summed E-state index contributed by atoms with van der Waals surface area (Å²) in [5.74, 6) is 1.36. The Morgan fingerprint density at radius 1 is 0.633 bits per heavy atom. The van der Waals surface area contributed by atoms with Crippen LogP contribution in [0.1, 0.15) is 5.56 Å². The van der Waals surface area contributed by atoms with Crippen molar-refractivity contribution in [2.45, 2.75) is 0 Å². The summed E-state index contributed by atoms with van der Waals surface area (Å²) in [6, 6.07) is 34.4. The maximum Gasteiger partial charge on any atom is 0.282 e. The Morgan fingerprint density at radius 2 is 1.23 bits per heavy atom. The van der Waals surface area contributed by atoms with E-state index in [9.17, 15) is 4.79 Å². The first-order valence-corrected chi connectivity index (χ1v) is 9.70. The molecule has 0 spiro atoms. The highest BCUT2D eigenvalue weighted by molar-refractivity contribution is 6.56. The van der Waals surface area contributed by atoms with E-state index >= 15 is 0 Å². The Hall–Kier alpha value is -4.18. The summed E-state index contributed by atoms with van der Waals surface area (Å²) in [6.45, 7) is 0. The van der Waals surface area contributed by atoms with E-state index in [1.807, 2.05) is 109 Å². The second-order valence-electron chi connectivity index (χ2n) is 6.86. The number of rotatable bonds is 4. The van der Waals surface area contributed by atoms with Gasteiger partial charge in [0.2, 0.25) is 0 Å². The number of anilines is 2. The van der Waals surface area contributed by atoms with E-state index < -0.39 is 0 Å². The Morgan fingerprint density at radius 3 is 1.97 bits per heavy atom. The molecule has 4 nitrogen and oxygen atoms in total. The number of aliphatic imine (C=N–C) groups is 1. The molecule has 0 saturated carbocycles. The maximum absolute atomic E-state index is 13.2. The van der Waals surface area contributed by atoms with Crippen LogP contribution in [0.4, 0.5) is 17.1 Å². The van der Waals surface area contributed by atoms with Crippen LogP contribution in [0.2, 0.25) is 0 Å². The second-order valence-corrected chi connectivity index (χ2v) is 6.86. The molecule has 30 heavy (non-hydrogen) atoms. The van der Waals surface area contributed by atoms with Crippen molar-refractivity contribution in [2.24, 2.45) is 4.99 Å². The number of amides is 1. The fraction of sp³-hybridized carbons (Fsp3) is 0. The number of benzene rings is 4. The third kappa shape index (κ3) is 3.35. The Balaban J connectivity index is 1.47. The number of nitrogens with zero attached hydrogens (tertiary/aromatic N) is 2. The molecule has 1 heterocycles. The van der Waals surface area contributed by atoms with Gasteiger partial charge in [-0.15, -0.1) is 0 Å². The molecule has 0 aromatic heterocycles. The number of hydrogen-bond acceptors (Lipinski definition) is 3. The van der Waals surface area contributed by atoms with Crippen molar-refractivity contribution in [1.29, 1.82) is 0 Å². The summed E-state index contributed by atoms with van der Waals surface area (Å²) < 4.78 is 5.83. The molecule has 1 amide bonds. The van der Waals surface area contributed by atoms with Crippen LogP contribution in [0.25, 0.3) is 0 Å². The van der Waals surface area contributed by atoms with Crippen molar-refractivity contribution in [1.82, 2.24) is 0 Å². The Bertz CT molecular complexity index is 1220. The second kappa shape index (κ2) is 7.68. The third-order valence-electron chi connectivity index (χ3n) is 4.88. The van der Waals surface area contributed by atoms with Crippen LogP contribution in [-0.4, -0.2) is 11.6 Å². The lowest BCUT2D eigenvalue weighted by molar-refractivity contribution is -0.111. The highest BCUT2D eigenvalue weighted by Crippen LogP contribution is 2.36. The van der Waals surface area contributed by atoms with Gasteiger partial charge in [-0.05, 0) is 54.6 Å². The first-order chi connectivity index (χ1) is 14.8. The molecule has 0 saturated heterocycles. The molecule has 4 heteroatoms. The van der Waals surface area contributed by atoms with Gasteiger partial charge in [0.25, 0.3) is 5.91 Å². The molecule has 1 aliphatic rings. The van der Waals surface area contributed by atoms with Crippen molar-refractivity contribution in [2.75, 3.05) is 4.90 Å². The molecule has 4 aromatic rings. The van der Waals surface area contributed by atoms with E-state index in [0.717, 1.165) is 22.7 Å². The summed E-state index contributed by atoms with van der Waals surface area (Å²) in [5.41, 5.74) is 3.63. The summed E-state index contributed by atoms with van der Waals surface area (Å²) in [7, 11) is 0. The van der Waals surface area contributed by atoms with Gasteiger partial charge < -0.3 is 4.74 Å². The van der Waals surface area contributed by atoms with Gasteiger partial charge >= 0.3 is 0 Å². The molecule has 144 valence electrons. The smallest absolute Gasteiger partial charge is 0.282 e. The van der Waals surface area contributed by atoms with E-state index in [1.54, 1.807) is 4.90 Å². The lowest BCUT2D eigenvalue weighted by Crippen LogP contribution is -2.25. The van der Waals surface area contributed by atoms with Gasteiger partial charge in [0, 0.05) is 11.3 Å². The molecule has 0 fully saturated rings. The van der Waals surface area contributed by atoms with Gasteiger partial charge in [-0.25, -0.2) is 4.99 Å². The zero-order valence-electron chi connectivity index (χ0n) is 16.1. The van der Waals surface area contributed by atoms with E-state index in [2.05, 4.69) is 4.99 Å². The fourth-order valence-corrected chi connectivity index (χ4v) is 3.48. The third-order valence-corrected chi connectivity index (χ3v) is 4.88. The first-order valence-electron chi connectivity index (χ1n) is 9.70. The molecule has 0 aliphatic carbocycles. The molecular formula is C26H18N2O2. The fourth-order valence-electron chi connectivity index (χ4n) is 3.48. The predicted molar refractivity (Wildman–Crippen MR) is 119 cm³/mol.